The number of rotatable bonds is 3. The third kappa shape index (κ3) is 1.80. The molecule has 0 radical (unpaired) electrons. The molecule has 1 aromatic heterocycles. The van der Waals surface area contributed by atoms with Gasteiger partial charge in [-0.05, 0) is 61.7 Å². The van der Waals surface area contributed by atoms with Crippen LogP contribution in [0.1, 0.15) is 43.6 Å². The van der Waals surface area contributed by atoms with Crippen molar-refractivity contribution in [3.63, 3.8) is 0 Å². The quantitative estimate of drug-likeness (QED) is 0.874. The van der Waals surface area contributed by atoms with Gasteiger partial charge in [-0.3, -0.25) is 4.68 Å². The first-order chi connectivity index (χ1) is 9.24. The lowest BCUT2D eigenvalue weighted by molar-refractivity contribution is -0.00258. The van der Waals surface area contributed by atoms with E-state index in [1.165, 1.54) is 37.7 Å². The van der Waals surface area contributed by atoms with Gasteiger partial charge in [-0.15, -0.1) is 0 Å². The summed E-state index contributed by atoms with van der Waals surface area (Å²) in [7, 11) is 0. The van der Waals surface area contributed by atoms with Crippen molar-refractivity contribution >= 4 is 5.82 Å². The SMILES string of the molecule is Nc1nn(CCO)cc1C1C2CC3CC(C2)CC1C3. The van der Waals surface area contributed by atoms with Crippen molar-refractivity contribution in [3.05, 3.63) is 11.8 Å². The van der Waals surface area contributed by atoms with Crippen molar-refractivity contribution in [2.75, 3.05) is 12.3 Å². The Hall–Kier alpha value is -1.03. The summed E-state index contributed by atoms with van der Waals surface area (Å²) < 4.78 is 1.82. The number of nitrogens with zero attached hydrogens (tertiary/aromatic N) is 2. The average molecular weight is 261 g/mol. The molecule has 0 aliphatic heterocycles. The lowest BCUT2D eigenvalue weighted by Crippen LogP contribution is -2.43. The van der Waals surface area contributed by atoms with E-state index in [1.807, 2.05) is 4.68 Å². The number of aromatic nitrogens is 2. The second kappa shape index (κ2) is 4.23. The van der Waals surface area contributed by atoms with E-state index in [0.29, 0.717) is 18.3 Å². The predicted molar refractivity (Wildman–Crippen MR) is 73.5 cm³/mol. The highest BCUT2D eigenvalue weighted by Crippen LogP contribution is 2.60. The minimum Gasteiger partial charge on any atom is -0.394 e. The van der Waals surface area contributed by atoms with Crippen LogP contribution in [0.2, 0.25) is 0 Å². The van der Waals surface area contributed by atoms with Gasteiger partial charge < -0.3 is 10.8 Å². The largest absolute Gasteiger partial charge is 0.394 e. The first-order valence-corrected chi connectivity index (χ1v) is 7.68. The summed E-state index contributed by atoms with van der Waals surface area (Å²) in [6, 6.07) is 0. The molecule has 4 aliphatic rings. The van der Waals surface area contributed by atoms with Crippen molar-refractivity contribution < 1.29 is 5.11 Å². The maximum absolute atomic E-state index is 9.03. The van der Waals surface area contributed by atoms with E-state index in [4.69, 9.17) is 10.8 Å². The van der Waals surface area contributed by atoms with Gasteiger partial charge in [0.25, 0.3) is 0 Å². The summed E-state index contributed by atoms with van der Waals surface area (Å²) in [6.45, 7) is 0.680. The smallest absolute Gasteiger partial charge is 0.148 e. The van der Waals surface area contributed by atoms with Crippen LogP contribution in [0.25, 0.3) is 0 Å². The molecular formula is C15H23N3O. The van der Waals surface area contributed by atoms with Crippen molar-refractivity contribution in [1.29, 1.82) is 0 Å². The highest BCUT2D eigenvalue weighted by Gasteiger charge is 2.49. The number of hydrogen-bond donors (Lipinski definition) is 2. The zero-order chi connectivity index (χ0) is 13.0. The van der Waals surface area contributed by atoms with Crippen LogP contribution < -0.4 is 5.73 Å². The van der Waals surface area contributed by atoms with Gasteiger partial charge in [-0.2, -0.15) is 5.10 Å². The Balaban J connectivity index is 1.65. The molecule has 3 N–H and O–H groups in total. The van der Waals surface area contributed by atoms with Crippen LogP contribution in [0.3, 0.4) is 0 Å². The summed E-state index contributed by atoms with van der Waals surface area (Å²) >= 11 is 0. The fraction of sp³-hybridized carbons (Fsp3) is 0.800. The maximum Gasteiger partial charge on any atom is 0.148 e. The molecule has 0 spiro atoms. The summed E-state index contributed by atoms with van der Waals surface area (Å²) in [5.74, 6) is 5.00. The van der Waals surface area contributed by atoms with Gasteiger partial charge in [0.2, 0.25) is 0 Å². The van der Waals surface area contributed by atoms with E-state index in [9.17, 15) is 0 Å². The number of aliphatic hydroxyl groups excluding tert-OH is 1. The molecule has 1 aromatic rings. The lowest BCUT2D eigenvalue weighted by atomic mass is 9.51. The fourth-order valence-corrected chi connectivity index (χ4v) is 5.36. The molecule has 0 saturated heterocycles. The molecule has 0 amide bonds. The Morgan fingerprint density at radius 2 is 1.79 bits per heavy atom. The van der Waals surface area contributed by atoms with Crippen molar-refractivity contribution in [1.82, 2.24) is 9.78 Å². The van der Waals surface area contributed by atoms with Crippen LogP contribution >= 0.6 is 0 Å². The molecule has 1 heterocycles. The van der Waals surface area contributed by atoms with Gasteiger partial charge in [0.05, 0.1) is 13.2 Å². The van der Waals surface area contributed by atoms with Crippen LogP contribution in [0.15, 0.2) is 6.20 Å². The zero-order valence-electron chi connectivity index (χ0n) is 11.3. The second-order valence-corrected chi connectivity index (χ2v) is 6.91. The van der Waals surface area contributed by atoms with Gasteiger partial charge in [0.1, 0.15) is 5.82 Å². The monoisotopic (exact) mass is 261 g/mol. The first-order valence-electron chi connectivity index (χ1n) is 7.68. The van der Waals surface area contributed by atoms with Crippen molar-refractivity contribution in [2.24, 2.45) is 23.7 Å². The van der Waals surface area contributed by atoms with Gasteiger partial charge in [-0.25, -0.2) is 0 Å². The van der Waals surface area contributed by atoms with Gasteiger partial charge in [-0.1, -0.05) is 0 Å². The molecule has 4 bridgehead atoms. The number of nitrogens with two attached hydrogens (primary N) is 1. The minimum atomic E-state index is 0.127. The molecule has 4 nitrogen and oxygen atoms in total. The molecule has 0 aromatic carbocycles. The van der Waals surface area contributed by atoms with E-state index in [2.05, 4.69) is 11.3 Å². The Bertz CT molecular complexity index is 454. The third-order valence-electron chi connectivity index (χ3n) is 5.74. The summed E-state index contributed by atoms with van der Waals surface area (Å²) in [6.07, 6.45) is 9.20. The van der Waals surface area contributed by atoms with E-state index < -0.39 is 0 Å². The Morgan fingerprint density at radius 1 is 1.16 bits per heavy atom. The fourth-order valence-electron chi connectivity index (χ4n) is 5.36. The van der Waals surface area contributed by atoms with Crippen LogP contribution in [-0.4, -0.2) is 21.5 Å². The number of hydrogen-bond acceptors (Lipinski definition) is 3. The molecule has 0 unspecified atom stereocenters. The second-order valence-electron chi connectivity index (χ2n) is 6.91. The van der Waals surface area contributed by atoms with Crippen LogP contribution in [0.5, 0.6) is 0 Å². The zero-order valence-corrected chi connectivity index (χ0v) is 11.3. The summed E-state index contributed by atoms with van der Waals surface area (Å²) in [4.78, 5) is 0. The molecular weight excluding hydrogens is 238 g/mol. The third-order valence-corrected chi connectivity index (χ3v) is 5.74. The van der Waals surface area contributed by atoms with E-state index in [1.54, 1.807) is 0 Å². The lowest BCUT2D eigenvalue weighted by Gasteiger charge is -2.54. The van der Waals surface area contributed by atoms with Gasteiger partial charge in [0, 0.05) is 11.8 Å². The molecule has 104 valence electrons. The van der Waals surface area contributed by atoms with Crippen LogP contribution in [0, 0.1) is 23.7 Å². The highest BCUT2D eigenvalue weighted by atomic mass is 16.3. The van der Waals surface area contributed by atoms with E-state index >= 15 is 0 Å². The Morgan fingerprint density at radius 3 is 2.37 bits per heavy atom. The predicted octanol–water partition coefficient (Wildman–Crippen LogP) is 2.00. The molecule has 4 saturated carbocycles. The van der Waals surface area contributed by atoms with Crippen molar-refractivity contribution in [3.8, 4) is 0 Å². The normalized spacial score (nSPS) is 39.9. The average Bonchev–Trinajstić information content (AvgIpc) is 2.69. The molecule has 4 fully saturated rings. The Labute approximate surface area is 114 Å². The molecule has 0 atom stereocenters. The topological polar surface area (TPSA) is 64.1 Å². The highest BCUT2D eigenvalue weighted by molar-refractivity contribution is 5.42. The summed E-state index contributed by atoms with van der Waals surface area (Å²) in [5.41, 5.74) is 7.40. The standard InChI is InChI=1S/C15H23N3O/c16-15-13(8-18(17-15)1-2-19)14-11-4-9-3-10(6-11)7-12(14)5-9/h8-12,14,19H,1-7H2,(H2,16,17). The molecule has 4 aliphatic carbocycles. The van der Waals surface area contributed by atoms with Gasteiger partial charge >= 0.3 is 0 Å². The molecule has 19 heavy (non-hydrogen) atoms. The number of nitrogen functional groups attached to an aromatic ring is 1. The Kier molecular flexibility index (Phi) is 2.62. The van der Waals surface area contributed by atoms with Crippen LogP contribution in [-0.2, 0) is 6.54 Å². The van der Waals surface area contributed by atoms with E-state index in [-0.39, 0.29) is 6.61 Å². The van der Waals surface area contributed by atoms with Crippen molar-refractivity contribution in [2.45, 2.75) is 44.6 Å². The van der Waals surface area contributed by atoms with E-state index in [0.717, 1.165) is 23.7 Å². The first kappa shape index (κ1) is 11.8. The molecule has 4 heteroatoms. The molecule has 5 rings (SSSR count). The maximum atomic E-state index is 9.03. The van der Waals surface area contributed by atoms with Gasteiger partial charge in [0.15, 0.2) is 0 Å². The number of anilines is 1. The number of aliphatic hydroxyl groups is 1. The summed E-state index contributed by atoms with van der Waals surface area (Å²) in [5, 5.41) is 13.4. The van der Waals surface area contributed by atoms with Crippen LogP contribution in [0.4, 0.5) is 5.82 Å². The minimum absolute atomic E-state index is 0.127.